The van der Waals surface area contributed by atoms with Crippen LogP contribution in [0.1, 0.15) is 27.2 Å². The van der Waals surface area contributed by atoms with Crippen LogP contribution in [0.5, 0.6) is 5.75 Å². The van der Waals surface area contributed by atoms with Gasteiger partial charge in [0, 0.05) is 18.3 Å². The van der Waals surface area contributed by atoms with Gasteiger partial charge in [0.05, 0.1) is 12.6 Å². The Morgan fingerprint density at radius 3 is 2.65 bits per heavy atom. The summed E-state index contributed by atoms with van der Waals surface area (Å²) in [4.78, 5) is 2.23. The predicted octanol–water partition coefficient (Wildman–Crippen LogP) is 3.32. The first-order valence-corrected chi connectivity index (χ1v) is 5.94. The Balaban J connectivity index is 3.10. The van der Waals surface area contributed by atoms with Gasteiger partial charge in [-0.3, -0.25) is 0 Å². The summed E-state index contributed by atoms with van der Waals surface area (Å²) in [5.41, 5.74) is 0.816. The zero-order valence-electron chi connectivity index (χ0n) is 11.2. The van der Waals surface area contributed by atoms with Gasteiger partial charge in [-0.15, -0.1) is 6.42 Å². The molecule has 92 valence electrons. The van der Waals surface area contributed by atoms with E-state index in [-0.39, 0.29) is 5.54 Å². The number of benzene rings is 1. The minimum absolute atomic E-state index is 0.289. The minimum Gasteiger partial charge on any atom is -0.497 e. The zero-order chi connectivity index (χ0) is 12.9. The molecule has 1 aromatic rings. The summed E-state index contributed by atoms with van der Waals surface area (Å²) in [6, 6.07) is 8.02. The van der Waals surface area contributed by atoms with E-state index >= 15 is 0 Å². The standard InChI is InChI=1S/C15H21NO/c1-6-11-16(15(3,4)7-2)13-9-8-10-14(12-13)17-5/h2,8-10,12H,6,11H2,1,3-5H3. The number of hydrogen-bond donors (Lipinski definition) is 0. The number of terminal acetylenes is 1. The van der Waals surface area contributed by atoms with Crippen molar-refractivity contribution in [3.05, 3.63) is 24.3 Å². The van der Waals surface area contributed by atoms with E-state index in [1.54, 1.807) is 7.11 Å². The average molecular weight is 231 g/mol. The van der Waals surface area contributed by atoms with Crippen LogP contribution in [0.3, 0.4) is 0 Å². The molecule has 0 radical (unpaired) electrons. The Morgan fingerprint density at radius 1 is 1.41 bits per heavy atom. The van der Waals surface area contributed by atoms with Gasteiger partial charge in [-0.2, -0.15) is 0 Å². The Bertz CT molecular complexity index is 404. The van der Waals surface area contributed by atoms with Crippen molar-refractivity contribution in [3.8, 4) is 18.1 Å². The monoisotopic (exact) mass is 231 g/mol. The van der Waals surface area contributed by atoms with Crippen LogP contribution in [0, 0.1) is 12.3 Å². The van der Waals surface area contributed by atoms with E-state index in [4.69, 9.17) is 11.2 Å². The molecule has 0 N–H and O–H groups in total. The summed E-state index contributed by atoms with van der Waals surface area (Å²) >= 11 is 0. The molecule has 0 saturated carbocycles. The smallest absolute Gasteiger partial charge is 0.120 e. The van der Waals surface area contributed by atoms with Crippen molar-refractivity contribution >= 4 is 5.69 Å². The molecular weight excluding hydrogens is 210 g/mol. The second-order valence-electron chi connectivity index (χ2n) is 4.56. The summed E-state index contributed by atoms with van der Waals surface area (Å²) < 4.78 is 5.25. The maximum atomic E-state index is 5.62. The summed E-state index contributed by atoms with van der Waals surface area (Å²) in [7, 11) is 1.68. The Labute approximate surface area is 105 Å². The molecule has 17 heavy (non-hydrogen) atoms. The minimum atomic E-state index is -0.289. The lowest BCUT2D eigenvalue weighted by atomic mass is 10.0. The fraction of sp³-hybridized carbons (Fsp3) is 0.467. The van der Waals surface area contributed by atoms with Crippen molar-refractivity contribution < 1.29 is 4.74 Å². The lowest BCUT2D eigenvalue weighted by Gasteiger charge is -2.36. The number of rotatable bonds is 5. The third-order valence-corrected chi connectivity index (χ3v) is 2.84. The van der Waals surface area contributed by atoms with Gasteiger partial charge < -0.3 is 9.64 Å². The molecule has 2 heteroatoms. The summed E-state index contributed by atoms with van der Waals surface area (Å²) in [5.74, 6) is 3.71. The number of hydrogen-bond acceptors (Lipinski definition) is 2. The van der Waals surface area contributed by atoms with E-state index in [0.717, 1.165) is 24.4 Å². The molecule has 0 fully saturated rings. The van der Waals surface area contributed by atoms with Gasteiger partial charge in [0.1, 0.15) is 5.75 Å². The molecule has 0 heterocycles. The number of methoxy groups -OCH3 is 1. The fourth-order valence-electron chi connectivity index (χ4n) is 1.81. The van der Waals surface area contributed by atoms with Gasteiger partial charge >= 0.3 is 0 Å². The molecule has 1 aromatic carbocycles. The molecule has 0 unspecified atom stereocenters. The SMILES string of the molecule is C#CC(C)(C)N(CCC)c1cccc(OC)c1. The highest BCUT2D eigenvalue weighted by atomic mass is 16.5. The van der Waals surface area contributed by atoms with Crippen molar-refractivity contribution in [2.24, 2.45) is 0 Å². The molecule has 0 atom stereocenters. The van der Waals surface area contributed by atoms with Crippen LogP contribution in [-0.4, -0.2) is 19.2 Å². The Hall–Kier alpha value is -1.62. The second kappa shape index (κ2) is 5.63. The average Bonchev–Trinajstić information content (AvgIpc) is 2.35. The van der Waals surface area contributed by atoms with E-state index in [2.05, 4.69) is 37.7 Å². The Kier molecular flexibility index (Phi) is 4.45. The lowest BCUT2D eigenvalue weighted by Crippen LogP contribution is -2.43. The second-order valence-corrected chi connectivity index (χ2v) is 4.56. The van der Waals surface area contributed by atoms with Crippen molar-refractivity contribution in [1.82, 2.24) is 0 Å². The molecule has 2 nitrogen and oxygen atoms in total. The van der Waals surface area contributed by atoms with Crippen molar-refractivity contribution in [1.29, 1.82) is 0 Å². The van der Waals surface area contributed by atoms with Gasteiger partial charge in [0.25, 0.3) is 0 Å². The zero-order valence-corrected chi connectivity index (χ0v) is 11.2. The normalized spacial score (nSPS) is 10.8. The molecule has 0 aromatic heterocycles. The fourth-order valence-corrected chi connectivity index (χ4v) is 1.81. The van der Waals surface area contributed by atoms with Gasteiger partial charge in [0.15, 0.2) is 0 Å². The summed E-state index contributed by atoms with van der Waals surface area (Å²) in [6.45, 7) is 7.20. The van der Waals surface area contributed by atoms with Gasteiger partial charge in [-0.1, -0.05) is 18.9 Å². The highest BCUT2D eigenvalue weighted by molar-refractivity contribution is 5.54. The molecule has 0 aliphatic rings. The number of anilines is 1. The van der Waals surface area contributed by atoms with E-state index in [1.165, 1.54) is 0 Å². The Morgan fingerprint density at radius 2 is 2.12 bits per heavy atom. The summed E-state index contributed by atoms with van der Waals surface area (Å²) in [5, 5.41) is 0. The van der Waals surface area contributed by atoms with Crippen molar-refractivity contribution in [2.45, 2.75) is 32.7 Å². The third kappa shape index (κ3) is 3.17. The van der Waals surface area contributed by atoms with Crippen LogP contribution in [-0.2, 0) is 0 Å². The number of ether oxygens (including phenoxy) is 1. The quantitative estimate of drug-likeness (QED) is 0.721. The molecular formula is C15H21NO. The molecule has 0 aliphatic heterocycles. The van der Waals surface area contributed by atoms with E-state index in [1.807, 2.05) is 18.2 Å². The van der Waals surface area contributed by atoms with Crippen LogP contribution in [0.25, 0.3) is 0 Å². The van der Waals surface area contributed by atoms with Crippen LogP contribution >= 0.6 is 0 Å². The first-order chi connectivity index (χ1) is 8.05. The van der Waals surface area contributed by atoms with Gasteiger partial charge in [-0.05, 0) is 32.4 Å². The first-order valence-electron chi connectivity index (χ1n) is 5.94. The van der Waals surface area contributed by atoms with Crippen LogP contribution < -0.4 is 9.64 Å². The topological polar surface area (TPSA) is 12.5 Å². The van der Waals surface area contributed by atoms with E-state index in [0.29, 0.717) is 0 Å². The predicted molar refractivity (Wildman–Crippen MR) is 73.5 cm³/mol. The molecule has 0 aliphatic carbocycles. The first kappa shape index (κ1) is 13.4. The molecule has 1 rings (SSSR count). The maximum Gasteiger partial charge on any atom is 0.120 e. The molecule has 0 saturated heterocycles. The highest BCUT2D eigenvalue weighted by Gasteiger charge is 2.23. The van der Waals surface area contributed by atoms with Crippen LogP contribution in [0.4, 0.5) is 5.69 Å². The lowest BCUT2D eigenvalue weighted by molar-refractivity contribution is 0.414. The molecule has 0 bridgehead atoms. The van der Waals surface area contributed by atoms with Crippen LogP contribution in [0.2, 0.25) is 0 Å². The van der Waals surface area contributed by atoms with Crippen LogP contribution in [0.15, 0.2) is 24.3 Å². The van der Waals surface area contributed by atoms with Gasteiger partial charge in [-0.25, -0.2) is 0 Å². The van der Waals surface area contributed by atoms with E-state index in [9.17, 15) is 0 Å². The molecule has 0 amide bonds. The van der Waals surface area contributed by atoms with Crippen molar-refractivity contribution in [2.75, 3.05) is 18.6 Å². The van der Waals surface area contributed by atoms with E-state index < -0.39 is 0 Å². The third-order valence-electron chi connectivity index (χ3n) is 2.84. The summed E-state index contributed by atoms with van der Waals surface area (Å²) in [6.07, 6.45) is 6.68. The molecule has 0 spiro atoms. The number of nitrogens with zero attached hydrogens (tertiary/aromatic N) is 1. The highest BCUT2D eigenvalue weighted by Crippen LogP contribution is 2.27. The maximum absolute atomic E-state index is 5.62. The van der Waals surface area contributed by atoms with Gasteiger partial charge in [0.2, 0.25) is 0 Å². The largest absolute Gasteiger partial charge is 0.497 e. The van der Waals surface area contributed by atoms with Crippen molar-refractivity contribution in [3.63, 3.8) is 0 Å².